The summed E-state index contributed by atoms with van der Waals surface area (Å²) in [4.78, 5) is 18.3. The van der Waals surface area contributed by atoms with E-state index in [0.717, 1.165) is 45.0 Å². The first kappa shape index (κ1) is 26.5. The number of carbonyl (C=O) groups is 1. The third-order valence-corrected chi connectivity index (χ3v) is 3.92. The third kappa shape index (κ3) is 11.4. The number of nitrogens with one attached hydrogen (secondary N) is 2. The van der Waals surface area contributed by atoms with Crippen LogP contribution in [-0.2, 0) is 11.3 Å². The fourth-order valence-corrected chi connectivity index (χ4v) is 2.31. The van der Waals surface area contributed by atoms with Crippen molar-refractivity contribution in [2.75, 3.05) is 26.7 Å². The molecule has 1 rings (SSSR count). The maximum absolute atomic E-state index is 12.1. The predicted octanol–water partition coefficient (Wildman–Crippen LogP) is 3.09. The van der Waals surface area contributed by atoms with E-state index in [1.165, 1.54) is 0 Å². The van der Waals surface area contributed by atoms with Crippen LogP contribution in [0.3, 0.4) is 0 Å². The van der Waals surface area contributed by atoms with Crippen LogP contribution < -0.4 is 10.6 Å². The highest BCUT2D eigenvalue weighted by Gasteiger charge is 2.22. The lowest BCUT2D eigenvalue weighted by Gasteiger charge is -2.28. The molecule has 0 aliphatic rings. The molecule has 162 valence electrons. The summed E-state index contributed by atoms with van der Waals surface area (Å²) >= 11 is 0. The van der Waals surface area contributed by atoms with Crippen molar-refractivity contribution in [1.82, 2.24) is 25.3 Å². The van der Waals surface area contributed by atoms with E-state index in [9.17, 15) is 4.79 Å². The van der Waals surface area contributed by atoms with Gasteiger partial charge in [0.15, 0.2) is 5.96 Å². The molecule has 0 saturated carbocycles. The van der Waals surface area contributed by atoms with Crippen molar-refractivity contribution >= 4 is 36.0 Å². The first-order valence-corrected chi connectivity index (χ1v) is 9.68. The quantitative estimate of drug-likeness (QED) is 0.232. The lowest BCUT2D eigenvalue weighted by Crippen LogP contribution is -2.42. The van der Waals surface area contributed by atoms with Gasteiger partial charge in [-0.3, -0.25) is 9.67 Å². The largest absolute Gasteiger partial charge is 0.444 e. The van der Waals surface area contributed by atoms with Gasteiger partial charge in [-0.25, -0.2) is 4.79 Å². The minimum absolute atomic E-state index is 0. The molecule has 8 nitrogen and oxygen atoms in total. The predicted molar refractivity (Wildman–Crippen MR) is 124 cm³/mol. The van der Waals surface area contributed by atoms with Crippen LogP contribution in [0.25, 0.3) is 0 Å². The van der Waals surface area contributed by atoms with Gasteiger partial charge in [-0.2, -0.15) is 5.10 Å². The van der Waals surface area contributed by atoms with E-state index in [1.54, 1.807) is 18.1 Å². The molecule has 1 aromatic rings. The zero-order valence-corrected chi connectivity index (χ0v) is 20.4. The molecule has 9 heteroatoms. The number of rotatable bonds is 9. The van der Waals surface area contributed by atoms with Crippen LogP contribution in [-0.4, -0.2) is 65.1 Å². The summed E-state index contributed by atoms with van der Waals surface area (Å²) in [5.74, 6) is 0.796. The standard InChI is InChI=1S/C19H36N6O2.HI/c1-7-20-17(21-11-8-14-25-15-9-12-23-25)22-13-10-16(2)24(6)18(26)27-19(3,4)5;/h9,12,15-16H,7-8,10-11,13-14H2,1-6H3,(H2,20,21,22);1H. The van der Waals surface area contributed by atoms with E-state index >= 15 is 0 Å². The second-order valence-corrected chi connectivity index (χ2v) is 7.54. The number of aromatic nitrogens is 2. The number of ether oxygens (including phenoxy) is 1. The number of guanidine groups is 1. The Bertz CT molecular complexity index is 571. The summed E-state index contributed by atoms with van der Waals surface area (Å²) in [5.41, 5.74) is -0.482. The molecule has 1 atom stereocenters. The van der Waals surface area contributed by atoms with Gasteiger partial charge in [0.25, 0.3) is 0 Å². The second-order valence-electron chi connectivity index (χ2n) is 7.54. The molecular formula is C19H37IN6O2. The summed E-state index contributed by atoms with van der Waals surface area (Å²) in [7, 11) is 1.77. The lowest BCUT2D eigenvalue weighted by molar-refractivity contribution is 0.0230. The van der Waals surface area contributed by atoms with Crippen molar-refractivity contribution in [3.63, 3.8) is 0 Å². The smallest absolute Gasteiger partial charge is 0.410 e. The average Bonchev–Trinajstić information content (AvgIpc) is 3.09. The van der Waals surface area contributed by atoms with Gasteiger partial charge in [-0.1, -0.05) is 0 Å². The van der Waals surface area contributed by atoms with Gasteiger partial charge in [0, 0.05) is 51.7 Å². The molecular weight excluding hydrogens is 471 g/mol. The molecule has 0 radical (unpaired) electrons. The molecule has 28 heavy (non-hydrogen) atoms. The van der Waals surface area contributed by atoms with Crippen molar-refractivity contribution < 1.29 is 9.53 Å². The number of amides is 1. The van der Waals surface area contributed by atoms with Crippen molar-refractivity contribution in [3.05, 3.63) is 18.5 Å². The Hall–Kier alpha value is -1.52. The monoisotopic (exact) mass is 508 g/mol. The minimum atomic E-state index is -0.482. The number of aliphatic imine (C=N–C) groups is 1. The van der Waals surface area contributed by atoms with E-state index in [1.807, 2.05) is 51.6 Å². The topological polar surface area (TPSA) is 83.8 Å². The molecule has 0 bridgehead atoms. The van der Waals surface area contributed by atoms with Gasteiger partial charge >= 0.3 is 6.09 Å². The van der Waals surface area contributed by atoms with Crippen molar-refractivity contribution in [2.24, 2.45) is 4.99 Å². The fourth-order valence-electron chi connectivity index (χ4n) is 2.31. The van der Waals surface area contributed by atoms with Gasteiger partial charge in [0.2, 0.25) is 0 Å². The van der Waals surface area contributed by atoms with Crippen LogP contribution in [0.15, 0.2) is 23.5 Å². The summed E-state index contributed by atoms with van der Waals surface area (Å²) in [6, 6.07) is 1.99. The second kappa shape index (κ2) is 13.6. The highest BCUT2D eigenvalue weighted by atomic mass is 127. The Balaban J connectivity index is 0.00000729. The van der Waals surface area contributed by atoms with E-state index in [4.69, 9.17) is 4.74 Å². The normalized spacial score (nSPS) is 12.7. The summed E-state index contributed by atoms with van der Waals surface area (Å²) in [6.07, 6.45) is 5.16. The molecule has 1 heterocycles. The third-order valence-electron chi connectivity index (χ3n) is 3.92. The molecule has 0 aliphatic carbocycles. The molecule has 0 saturated heterocycles. The Labute approximate surface area is 186 Å². The number of aryl methyl sites for hydroxylation is 1. The van der Waals surface area contributed by atoms with Gasteiger partial charge in [-0.05, 0) is 53.5 Å². The maximum Gasteiger partial charge on any atom is 0.410 e. The minimum Gasteiger partial charge on any atom is -0.444 e. The molecule has 1 aromatic heterocycles. The highest BCUT2D eigenvalue weighted by Crippen LogP contribution is 2.11. The van der Waals surface area contributed by atoms with Crippen molar-refractivity contribution in [3.8, 4) is 0 Å². The summed E-state index contributed by atoms with van der Waals surface area (Å²) < 4.78 is 7.31. The average molecular weight is 508 g/mol. The van der Waals surface area contributed by atoms with E-state index in [-0.39, 0.29) is 36.1 Å². The number of hydrogen-bond donors (Lipinski definition) is 2. The zero-order chi connectivity index (χ0) is 20.3. The van der Waals surface area contributed by atoms with Gasteiger partial charge in [0.05, 0.1) is 0 Å². The maximum atomic E-state index is 12.1. The Kier molecular flexibility index (Phi) is 12.9. The number of carbonyl (C=O) groups excluding carboxylic acids is 1. The van der Waals surface area contributed by atoms with Gasteiger partial charge in [0.1, 0.15) is 5.60 Å². The van der Waals surface area contributed by atoms with Gasteiger partial charge < -0.3 is 20.3 Å². The Morgan fingerprint density at radius 3 is 2.64 bits per heavy atom. The summed E-state index contributed by atoms with van der Waals surface area (Å²) in [5, 5.41) is 10.8. The van der Waals surface area contributed by atoms with Crippen LogP contribution in [0.1, 0.15) is 47.5 Å². The van der Waals surface area contributed by atoms with E-state index in [0.29, 0.717) is 0 Å². The number of nitrogens with zero attached hydrogens (tertiary/aromatic N) is 4. The van der Waals surface area contributed by atoms with Crippen LogP contribution in [0.2, 0.25) is 0 Å². The first-order chi connectivity index (χ1) is 12.7. The first-order valence-electron chi connectivity index (χ1n) is 9.68. The van der Waals surface area contributed by atoms with Crippen LogP contribution in [0.4, 0.5) is 4.79 Å². The van der Waals surface area contributed by atoms with Crippen molar-refractivity contribution in [2.45, 2.75) is 65.6 Å². The summed E-state index contributed by atoms with van der Waals surface area (Å²) in [6.45, 7) is 12.8. The van der Waals surface area contributed by atoms with E-state index < -0.39 is 5.60 Å². The molecule has 0 spiro atoms. The van der Waals surface area contributed by atoms with Crippen LogP contribution in [0.5, 0.6) is 0 Å². The van der Waals surface area contributed by atoms with Crippen LogP contribution in [0, 0.1) is 0 Å². The highest BCUT2D eigenvalue weighted by molar-refractivity contribution is 14.0. The molecule has 1 unspecified atom stereocenters. The lowest BCUT2D eigenvalue weighted by atomic mass is 10.2. The molecule has 0 aliphatic heterocycles. The molecule has 2 N–H and O–H groups in total. The molecule has 0 aromatic carbocycles. The fraction of sp³-hybridized carbons (Fsp3) is 0.737. The Morgan fingerprint density at radius 1 is 1.36 bits per heavy atom. The van der Waals surface area contributed by atoms with Crippen molar-refractivity contribution in [1.29, 1.82) is 0 Å². The SMILES string of the molecule is CCNC(=NCCCn1cccn1)NCCC(C)N(C)C(=O)OC(C)(C)C.I. The van der Waals surface area contributed by atoms with Gasteiger partial charge in [-0.15, -0.1) is 24.0 Å². The Morgan fingerprint density at radius 2 is 2.07 bits per heavy atom. The van der Waals surface area contributed by atoms with Crippen LogP contribution >= 0.6 is 24.0 Å². The van der Waals surface area contributed by atoms with E-state index in [2.05, 4.69) is 20.7 Å². The molecule has 1 amide bonds. The molecule has 0 fully saturated rings. The zero-order valence-electron chi connectivity index (χ0n) is 18.1. The number of hydrogen-bond acceptors (Lipinski definition) is 4. The number of halogens is 1.